The Labute approximate surface area is 87.9 Å². The normalized spacial score (nSPS) is 10.5. The van der Waals surface area contributed by atoms with Crippen LogP contribution in [0.15, 0.2) is 11.4 Å². The lowest BCUT2D eigenvalue weighted by atomic mass is 10.4. The number of anilines is 1. The highest BCUT2D eigenvalue weighted by Gasteiger charge is 1.98. The van der Waals surface area contributed by atoms with Gasteiger partial charge in [0.1, 0.15) is 0 Å². The van der Waals surface area contributed by atoms with Gasteiger partial charge >= 0.3 is 0 Å². The first kappa shape index (κ1) is 10.9. The fourth-order valence-corrected chi connectivity index (χ4v) is 2.24. The van der Waals surface area contributed by atoms with Crippen molar-refractivity contribution in [2.24, 2.45) is 0 Å². The van der Waals surface area contributed by atoms with E-state index >= 15 is 0 Å². The monoisotopic (exact) mass is 216 g/mol. The van der Waals surface area contributed by atoms with Crippen LogP contribution in [0.4, 0.5) is 5.69 Å². The third kappa shape index (κ3) is 4.02. The second-order valence-corrected chi connectivity index (χ2v) is 4.81. The predicted octanol–water partition coefficient (Wildman–Crippen LogP) is 2.17. The molecule has 0 aliphatic rings. The van der Waals surface area contributed by atoms with Gasteiger partial charge in [-0.25, -0.2) is 0 Å². The first-order valence-corrected chi connectivity index (χ1v) is 6.63. The minimum Gasteiger partial charge on any atom is -0.398 e. The van der Waals surface area contributed by atoms with Gasteiger partial charge in [0, 0.05) is 17.1 Å². The summed E-state index contributed by atoms with van der Waals surface area (Å²) in [5.74, 6) is 1.23. The molecular formula is C9H16N2S2. The highest BCUT2D eigenvalue weighted by atomic mass is 32.2. The van der Waals surface area contributed by atoms with Crippen molar-refractivity contribution < 1.29 is 0 Å². The first-order valence-electron chi connectivity index (χ1n) is 4.36. The van der Waals surface area contributed by atoms with Gasteiger partial charge in [-0.2, -0.15) is 11.8 Å². The van der Waals surface area contributed by atoms with Gasteiger partial charge in [-0.05, 0) is 36.4 Å². The molecular weight excluding hydrogens is 200 g/mol. The molecule has 0 aliphatic heterocycles. The van der Waals surface area contributed by atoms with Crippen molar-refractivity contribution in [2.45, 2.75) is 13.0 Å². The molecule has 0 radical (unpaired) electrons. The van der Waals surface area contributed by atoms with Gasteiger partial charge in [-0.1, -0.05) is 0 Å². The summed E-state index contributed by atoms with van der Waals surface area (Å²) in [6.45, 7) is 2.00. The lowest BCUT2D eigenvalue weighted by molar-refractivity contribution is 0.686. The molecule has 0 aromatic carbocycles. The molecule has 1 aromatic rings. The molecule has 0 unspecified atom stereocenters. The molecule has 0 amide bonds. The summed E-state index contributed by atoms with van der Waals surface area (Å²) in [6, 6.07) is 1.96. The summed E-state index contributed by atoms with van der Waals surface area (Å²) >= 11 is 3.61. The van der Waals surface area contributed by atoms with Crippen molar-refractivity contribution in [1.29, 1.82) is 0 Å². The van der Waals surface area contributed by atoms with E-state index in [9.17, 15) is 0 Å². The van der Waals surface area contributed by atoms with Gasteiger partial charge in [-0.3, -0.25) is 0 Å². The molecule has 4 heteroatoms. The van der Waals surface area contributed by atoms with Crippen molar-refractivity contribution in [3.05, 3.63) is 16.3 Å². The molecule has 2 nitrogen and oxygen atoms in total. The summed E-state index contributed by atoms with van der Waals surface area (Å²) in [7, 11) is 0. The van der Waals surface area contributed by atoms with Crippen LogP contribution in [0.25, 0.3) is 0 Å². The van der Waals surface area contributed by atoms with Crippen molar-refractivity contribution in [2.75, 3.05) is 24.3 Å². The number of thiophene rings is 1. The number of hydrogen-bond acceptors (Lipinski definition) is 4. The maximum absolute atomic E-state index is 5.75. The number of nitrogens with two attached hydrogens (primary N) is 1. The largest absolute Gasteiger partial charge is 0.398 e. The van der Waals surface area contributed by atoms with Crippen LogP contribution in [0.5, 0.6) is 0 Å². The predicted molar refractivity (Wildman–Crippen MR) is 63.4 cm³/mol. The van der Waals surface area contributed by atoms with Crippen molar-refractivity contribution in [3.63, 3.8) is 0 Å². The molecule has 0 aliphatic carbocycles. The van der Waals surface area contributed by atoms with Crippen molar-refractivity contribution in [3.8, 4) is 0 Å². The number of nitrogens with one attached hydrogen (secondary N) is 1. The van der Waals surface area contributed by atoms with Crippen LogP contribution < -0.4 is 11.1 Å². The quantitative estimate of drug-likeness (QED) is 0.716. The molecule has 74 valence electrons. The molecule has 0 saturated carbocycles. The van der Waals surface area contributed by atoms with Gasteiger partial charge in [0.2, 0.25) is 0 Å². The van der Waals surface area contributed by atoms with E-state index in [1.807, 2.05) is 23.2 Å². The van der Waals surface area contributed by atoms with E-state index in [1.54, 1.807) is 11.3 Å². The number of hydrogen-bond donors (Lipinski definition) is 2. The number of thioether (sulfide) groups is 1. The van der Waals surface area contributed by atoms with Crippen LogP contribution in [-0.4, -0.2) is 18.6 Å². The van der Waals surface area contributed by atoms with Gasteiger partial charge in [0.25, 0.3) is 0 Å². The molecule has 13 heavy (non-hydrogen) atoms. The highest BCUT2D eigenvalue weighted by Crippen LogP contribution is 2.17. The maximum Gasteiger partial charge on any atom is 0.0468 e. The minimum absolute atomic E-state index is 0.915. The van der Waals surface area contributed by atoms with Crippen LogP contribution in [0.2, 0.25) is 0 Å². The summed E-state index contributed by atoms with van der Waals surface area (Å²) in [6.07, 6.45) is 3.36. The number of nitrogen functional groups attached to an aromatic ring is 1. The summed E-state index contributed by atoms with van der Waals surface area (Å²) in [5.41, 5.74) is 6.67. The standard InChI is InChI=1S/C9H16N2S2/c1-12-5-2-4-11-7-9-8(10)3-6-13-9/h3,6,11H,2,4-5,7,10H2,1H3. The smallest absolute Gasteiger partial charge is 0.0468 e. The van der Waals surface area contributed by atoms with Gasteiger partial charge in [0.15, 0.2) is 0 Å². The average Bonchev–Trinajstić information content (AvgIpc) is 2.52. The van der Waals surface area contributed by atoms with E-state index in [4.69, 9.17) is 5.73 Å². The Morgan fingerprint density at radius 1 is 1.62 bits per heavy atom. The molecule has 1 aromatic heterocycles. The lowest BCUT2D eigenvalue weighted by Gasteiger charge is -2.02. The third-order valence-corrected chi connectivity index (χ3v) is 3.40. The first-order chi connectivity index (χ1) is 6.34. The topological polar surface area (TPSA) is 38.0 Å². The Balaban J connectivity index is 2.10. The zero-order valence-corrected chi connectivity index (χ0v) is 9.51. The van der Waals surface area contributed by atoms with E-state index in [0.717, 1.165) is 18.8 Å². The van der Waals surface area contributed by atoms with E-state index < -0.39 is 0 Å². The summed E-state index contributed by atoms with van der Waals surface area (Å²) in [4.78, 5) is 1.25. The Kier molecular flexibility index (Phi) is 5.27. The molecule has 0 atom stereocenters. The van der Waals surface area contributed by atoms with Crippen LogP contribution >= 0.6 is 23.1 Å². The fraction of sp³-hybridized carbons (Fsp3) is 0.556. The van der Waals surface area contributed by atoms with Gasteiger partial charge in [-0.15, -0.1) is 11.3 Å². The molecule has 3 N–H and O–H groups in total. The van der Waals surface area contributed by atoms with Crippen LogP contribution in [0, 0.1) is 0 Å². The average molecular weight is 216 g/mol. The second-order valence-electron chi connectivity index (χ2n) is 2.82. The van der Waals surface area contributed by atoms with E-state index in [-0.39, 0.29) is 0 Å². The Morgan fingerprint density at radius 2 is 2.46 bits per heavy atom. The fourth-order valence-electron chi connectivity index (χ4n) is 1.04. The second kappa shape index (κ2) is 6.29. The Hall–Kier alpha value is -0.190. The molecule has 0 bridgehead atoms. The van der Waals surface area contributed by atoms with Crippen molar-refractivity contribution in [1.82, 2.24) is 5.32 Å². The van der Waals surface area contributed by atoms with E-state index in [2.05, 4.69) is 11.6 Å². The SMILES string of the molecule is CSCCCNCc1sccc1N. The molecule has 0 spiro atoms. The van der Waals surface area contributed by atoms with Gasteiger partial charge in [0.05, 0.1) is 0 Å². The molecule has 1 rings (SSSR count). The highest BCUT2D eigenvalue weighted by molar-refractivity contribution is 7.98. The molecule has 1 heterocycles. The van der Waals surface area contributed by atoms with E-state index in [0.29, 0.717) is 0 Å². The summed E-state index contributed by atoms with van der Waals surface area (Å²) in [5, 5.41) is 5.42. The molecule has 0 fully saturated rings. The maximum atomic E-state index is 5.75. The third-order valence-electron chi connectivity index (χ3n) is 1.77. The Morgan fingerprint density at radius 3 is 3.08 bits per heavy atom. The number of rotatable bonds is 6. The summed E-state index contributed by atoms with van der Waals surface area (Å²) < 4.78 is 0. The van der Waals surface area contributed by atoms with Crippen molar-refractivity contribution >= 4 is 28.8 Å². The van der Waals surface area contributed by atoms with Crippen LogP contribution in [0.3, 0.4) is 0 Å². The lowest BCUT2D eigenvalue weighted by Crippen LogP contribution is -2.15. The van der Waals surface area contributed by atoms with Gasteiger partial charge < -0.3 is 11.1 Å². The Bertz CT molecular complexity index is 235. The minimum atomic E-state index is 0.915. The van der Waals surface area contributed by atoms with Crippen LogP contribution in [-0.2, 0) is 6.54 Å². The van der Waals surface area contributed by atoms with Crippen LogP contribution in [0.1, 0.15) is 11.3 Å². The molecule has 0 saturated heterocycles. The van der Waals surface area contributed by atoms with E-state index in [1.165, 1.54) is 17.1 Å². The zero-order chi connectivity index (χ0) is 9.52. The zero-order valence-electron chi connectivity index (χ0n) is 7.88.